The van der Waals surface area contributed by atoms with Crippen LogP contribution in [0.4, 0.5) is 0 Å². The maximum absolute atomic E-state index is 2.42. The molecule has 0 N–H and O–H groups in total. The number of rotatable bonds is 2. The van der Waals surface area contributed by atoms with Gasteiger partial charge in [-0.1, -0.05) is 127 Å². The van der Waals surface area contributed by atoms with E-state index in [0.29, 0.717) is 0 Å². The third-order valence-electron chi connectivity index (χ3n) is 9.37. The highest BCUT2D eigenvalue weighted by atomic mass is 32.2. The summed E-state index contributed by atoms with van der Waals surface area (Å²) in [5.41, 5.74) is 7.72. The molecule has 1 aliphatic rings. The van der Waals surface area contributed by atoms with Crippen molar-refractivity contribution in [3.05, 3.63) is 146 Å². The Morgan fingerprint density at radius 1 is 0.302 bits per heavy atom. The molecule has 43 heavy (non-hydrogen) atoms. The van der Waals surface area contributed by atoms with Crippen LogP contribution in [0.3, 0.4) is 0 Å². The average Bonchev–Trinajstić information content (AvgIpc) is 3.07. The van der Waals surface area contributed by atoms with Crippen LogP contribution in [0.5, 0.6) is 0 Å². The van der Waals surface area contributed by atoms with E-state index in [2.05, 4.69) is 146 Å². The molecule has 9 aromatic rings. The van der Waals surface area contributed by atoms with Crippen LogP contribution in [0.25, 0.3) is 87.2 Å². The van der Waals surface area contributed by atoms with Crippen molar-refractivity contribution in [2.45, 2.75) is 9.79 Å². The Morgan fingerprint density at radius 2 is 0.977 bits per heavy atom. The normalized spacial score (nSPS) is 12.6. The van der Waals surface area contributed by atoms with Crippen molar-refractivity contribution < 1.29 is 0 Å². The van der Waals surface area contributed by atoms with Crippen molar-refractivity contribution in [2.75, 3.05) is 0 Å². The van der Waals surface area contributed by atoms with Crippen LogP contribution in [0.1, 0.15) is 0 Å². The molecule has 0 fully saturated rings. The monoisotopic (exact) mass is 560 g/mol. The molecule has 1 aliphatic heterocycles. The highest BCUT2D eigenvalue weighted by Crippen LogP contribution is 2.49. The molecular formula is C42H24S. The van der Waals surface area contributed by atoms with Crippen molar-refractivity contribution in [3.63, 3.8) is 0 Å². The van der Waals surface area contributed by atoms with Crippen LogP contribution in [-0.4, -0.2) is 0 Å². The Bertz CT molecular complexity index is 2570. The molecule has 0 amide bonds. The van der Waals surface area contributed by atoms with E-state index in [-0.39, 0.29) is 0 Å². The molecule has 10 rings (SSSR count). The second-order valence-corrected chi connectivity index (χ2v) is 12.8. The fraction of sp³-hybridized carbons (Fsp3) is 0. The Labute approximate surface area is 253 Å². The standard InChI is InChI=1S/C42H24S/c1-2-11-32-29(6-1)22-31(33-19-16-28-15-14-26-7-3-8-27-17-20-35(33)42(28)40(26)27)24-36(32)30-18-21-38-37(23-30)34-12-4-9-25-10-5-13-39(43-38)41(25)34/h1-24H. The molecular weight excluding hydrogens is 537 g/mol. The summed E-state index contributed by atoms with van der Waals surface area (Å²) in [5, 5.41) is 13.2. The van der Waals surface area contributed by atoms with E-state index >= 15 is 0 Å². The Hall–Kier alpha value is -5.11. The van der Waals surface area contributed by atoms with Crippen LogP contribution >= 0.6 is 11.8 Å². The minimum absolute atomic E-state index is 1.26. The lowest BCUT2D eigenvalue weighted by atomic mass is 9.87. The van der Waals surface area contributed by atoms with Gasteiger partial charge in [0.25, 0.3) is 0 Å². The van der Waals surface area contributed by atoms with Crippen LogP contribution in [0, 0.1) is 0 Å². The van der Waals surface area contributed by atoms with Gasteiger partial charge in [0, 0.05) is 15.2 Å². The van der Waals surface area contributed by atoms with Gasteiger partial charge >= 0.3 is 0 Å². The summed E-state index contributed by atoms with van der Waals surface area (Å²) in [6, 6.07) is 54.4. The topological polar surface area (TPSA) is 0 Å². The first-order chi connectivity index (χ1) is 21.3. The van der Waals surface area contributed by atoms with E-state index in [9.17, 15) is 0 Å². The first kappa shape index (κ1) is 23.5. The highest BCUT2D eigenvalue weighted by Gasteiger charge is 2.20. The molecule has 0 saturated carbocycles. The molecule has 9 aromatic carbocycles. The van der Waals surface area contributed by atoms with Gasteiger partial charge in [0.2, 0.25) is 0 Å². The Morgan fingerprint density at radius 3 is 1.86 bits per heavy atom. The summed E-state index contributed by atoms with van der Waals surface area (Å²) in [5.74, 6) is 0. The van der Waals surface area contributed by atoms with Gasteiger partial charge in [-0.2, -0.15) is 0 Å². The van der Waals surface area contributed by atoms with Crippen molar-refractivity contribution in [1.82, 2.24) is 0 Å². The molecule has 0 bridgehead atoms. The van der Waals surface area contributed by atoms with Crippen LogP contribution in [-0.2, 0) is 0 Å². The molecule has 0 radical (unpaired) electrons. The van der Waals surface area contributed by atoms with E-state index < -0.39 is 0 Å². The molecule has 0 saturated heterocycles. The van der Waals surface area contributed by atoms with Gasteiger partial charge in [0.05, 0.1) is 0 Å². The molecule has 1 heteroatoms. The van der Waals surface area contributed by atoms with Gasteiger partial charge < -0.3 is 0 Å². The van der Waals surface area contributed by atoms with E-state index in [4.69, 9.17) is 0 Å². The van der Waals surface area contributed by atoms with Crippen LogP contribution in [0.2, 0.25) is 0 Å². The van der Waals surface area contributed by atoms with E-state index in [0.717, 1.165) is 0 Å². The summed E-state index contributed by atoms with van der Waals surface area (Å²) in [4.78, 5) is 2.66. The summed E-state index contributed by atoms with van der Waals surface area (Å²) >= 11 is 1.89. The van der Waals surface area contributed by atoms with Crippen molar-refractivity contribution in [3.8, 4) is 33.4 Å². The van der Waals surface area contributed by atoms with Crippen molar-refractivity contribution in [2.24, 2.45) is 0 Å². The maximum atomic E-state index is 2.42. The number of hydrogen-bond donors (Lipinski definition) is 0. The number of hydrogen-bond acceptors (Lipinski definition) is 1. The first-order valence-corrected chi connectivity index (χ1v) is 15.7. The predicted molar refractivity (Wildman–Crippen MR) is 186 cm³/mol. The fourth-order valence-corrected chi connectivity index (χ4v) is 8.55. The van der Waals surface area contributed by atoms with Gasteiger partial charge in [-0.05, 0) is 112 Å². The van der Waals surface area contributed by atoms with E-state index in [1.807, 2.05) is 11.8 Å². The zero-order valence-electron chi connectivity index (χ0n) is 23.3. The number of fused-ring (bicyclic) bond motifs is 3. The molecule has 0 atom stereocenters. The molecule has 1 heterocycles. The van der Waals surface area contributed by atoms with Crippen molar-refractivity contribution >= 4 is 65.6 Å². The predicted octanol–water partition coefficient (Wildman–Crippen LogP) is 12.4. The van der Waals surface area contributed by atoms with Gasteiger partial charge in [-0.25, -0.2) is 0 Å². The molecule has 0 aromatic heterocycles. The molecule has 0 unspecified atom stereocenters. The zero-order valence-corrected chi connectivity index (χ0v) is 24.1. The second-order valence-electron chi connectivity index (χ2n) is 11.7. The average molecular weight is 561 g/mol. The minimum Gasteiger partial charge on any atom is -0.0888 e. The molecule has 0 aliphatic carbocycles. The molecule has 198 valence electrons. The number of benzene rings is 9. The van der Waals surface area contributed by atoms with Crippen LogP contribution in [0.15, 0.2) is 155 Å². The summed E-state index contributed by atoms with van der Waals surface area (Å²) in [6.45, 7) is 0. The summed E-state index contributed by atoms with van der Waals surface area (Å²) < 4.78 is 0. The SMILES string of the molecule is c1ccc2c(-c3ccc4c(c3)-c3cccc5cccc(c35)S4)cc(-c3ccc4ccc5cccc6ccc3c4c56)cc2c1. The van der Waals surface area contributed by atoms with Gasteiger partial charge in [0.1, 0.15) is 0 Å². The summed E-state index contributed by atoms with van der Waals surface area (Å²) in [6.07, 6.45) is 0. The maximum Gasteiger partial charge on any atom is 0.0207 e. The minimum atomic E-state index is 1.26. The van der Waals surface area contributed by atoms with Gasteiger partial charge in [-0.3, -0.25) is 0 Å². The third kappa shape index (κ3) is 3.34. The van der Waals surface area contributed by atoms with Gasteiger partial charge in [-0.15, -0.1) is 0 Å². The van der Waals surface area contributed by atoms with Crippen molar-refractivity contribution in [1.29, 1.82) is 0 Å². The zero-order chi connectivity index (χ0) is 28.1. The van der Waals surface area contributed by atoms with Gasteiger partial charge in [0.15, 0.2) is 0 Å². The molecule has 0 nitrogen and oxygen atoms in total. The largest absolute Gasteiger partial charge is 0.0888 e. The Kier molecular flexibility index (Phi) is 4.75. The lowest BCUT2D eigenvalue weighted by molar-refractivity contribution is 1.40. The first-order valence-electron chi connectivity index (χ1n) is 14.8. The van der Waals surface area contributed by atoms with E-state index in [1.54, 1.807) is 0 Å². The highest BCUT2D eigenvalue weighted by molar-refractivity contribution is 7.99. The smallest absolute Gasteiger partial charge is 0.0207 e. The lowest BCUT2D eigenvalue weighted by Gasteiger charge is -2.21. The fourth-order valence-electron chi connectivity index (χ4n) is 7.42. The Balaban J connectivity index is 1.23. The van der Waals surface area contributed by atoms with Crippen LogP contribution < -0.4 is 0 Å². The third-order valence-corrected chi connectivity index (χ3v) is 10.5. The second kappa shape index (κ2) is 8.70. The quantitative estimate of drug-likeness (QED) is 0.190. The lowest BCUT2D eigenvalue weighted by Crippen LogP contribution is -1.94. The summed E-state index contributed by atoms with van der Waals surface area (Å²) in [7, 11) is 0. The molecule has 0 spiro atoms. The van der Waals surface area contributed by atoms with E-state index in [1.165, 1.54) is 97.0 Å².